The molecule has 49 heavy (non-hydrogen) atoms. The van der Waals surface area contributed by atoms with Gasteiger partial charge in [-0.2, -0.15) is 0 Å². The van der Waals surface area contributed by atoms with Crippen molar-refractivity contribution in [2.24, 2.45) is 0 Å². The molecule has 2 aliphatic heterocycles. The van der Waals surface area contributed by atoms with Crippen molar-refractivity contribution in [1.29, 1.82) is 0 Å². The van der Waals surface area contributed by atoms with Crippen LogP contribution in [-0.4, -0.2) is 54.6 Å². The normalized spacial score (nSPS) is 18.1. The fourth-order valence-electron chi connectivity index (χ4n) is 7.93. The minimum absolute atomic E-state index is 0.0531. The maximum absolute atomic E-state index is 13.3. The first-order chi connectivity index (χ1) is 24.1. The molecule has 4 heterocycles. The van der Waals surface area contributed by atoms with Gasteiger partial charge in [0.2, 0.25) is 0 Å². The first kappa shape index (κ1) is 29.4. The molecule has 1 aliphatic carbocycles. The molecule has 3 aliphatic rings. The van der Waals surface area contributed by atoms with E-state index < -0.39 is 0 Å². The molecule has 8 heteroatoms. The van der Waals surface area contributed by atoms with E-state index in [9.17, 15) is 9.59 Å². The van der Waals surface area contributed by atoms with E-state index in [0.717, 1.165) is 79.4 Å². The maximum atomic E-state index is 13.3. The first-order valence-corrected chi connectivity index (χ1v) is 17.2. The Balaban J connectivity index is 0.919. The lowest BCUT2D eigenvalue weighted by atomic mass is 10.0. The summed E-state index contributed by atoms with van der Waals surface area (Å²) < 4.78 is 0. The molecule has 4 aromatic carbocycles. The highest BCUT2D eigenvalue weighted by atomic mass is 16.2. The van der Waals surface area contributed by atoms with E-state index in [0.29, 0.717) is 11.1 Å². The Labute approximate surface area is 284 Å². The molecule has 0 bridgehead atoms. The topological polar surface area (TPSA) is 98.0 Å². The number of nitrogens with zero attached hydrogens (tertiary/aromatic N) is 4. The zero-order valence-electron chi connectivity index (χ0n) is 27.1. The summed E-state index contributed by atoms with van der Waals surface area (Å²) >= 11 is 0. The molecule has 242 valence electrons. The predicted octanol–water partition coefficient (Wildman–Crippen LogP) is 7.99. The van der Waals surface area contributed by atoms with Gasteiger partial charge in [0.25, 0.3) is 11.8 Å². The Morgan fingerprint density at radius 3 is 1.49 bits per heavy atom. The van der Waals surface area contributed by atoms with Crippen LogP contribution in [0.15, 0.2) is 109 Å². The van der Waals surface area contributed by atoms with Crippen LogP contribution in [0, 0.1) is 0 Å². The number of fused-ring (bicyclic) bond motifs is 3. The number of imidazole rings is 2. The number of aromatic nitrogens is 4. The second-order valence-corrected chi connectivity index (χ2v) is 13.3. The summed E-state index contributed by atoms with van der Waals surface area (Å²) in [4.78, 5) is 47.1. The van der Waals surface area contributed by atoms with Gasteiger partial charge >= 0.3 is 0 Å². The summed E-state index contributed by atoms with van der Waals surface area (Å²) in [5.74, 6) is 1.80. The van der Waals surface area contributed by atoms with Crippen LogP contribution in [0.3, 0.4) is 0 Å². The number of benzene rings is 4. The van der Waals surface area contributed by atoms with Crippen LogP contribution in [0.5, 0.6) is 0 Å². The number of rotatable bonds is 6. The lowest BCUT2D eigenvalue weighted by Gasteiger charge is -2.23. The number of amides is 2. The second-order valence-electron chi connectivity index (χ2n) is 13.3. The number of carbonyl (C=O) groups is 2. The monoisotopic (exact) mass is 644 g/mol. The van der Waals surface area contributed by atoms with Crippen LogP contribution in [0.25, 0.3) is 33.6 Å². The Hall–Kier alpha value is -5.76. The Morgan fingerprint density at radius 1 is 0.592 bits per heavy atom. The highest BCUT2D eigenvalue weighted by molar-refractivity contribution is 5.95. The summed E-state index contributed by atoms with van der Waals surface area (Å²) in [6, 6.07) is 32.2. The zero-order valence-corrected chi connectivity index (χ0v) is 27.1. The van der Waals surface area contributed by atoms with Gasteiger partial charge in [-0.25, -0.2) is 9.97 Å². The van der Waals surface area contributed by atoms with Gasteiger partial charge in [-0.15, -0.1) is 0 Å². The van der Waals surface area contributed by atoms with Crippen molar-refractivity contribution < 1.29 is 9.59 Å². The minimum atomic E-state index is -0.0531. The smallest absolute Gasteiger partial charge is 0.254 e. The van der Waals surface area contributed by atoms with Gasteiger partial charge in [-0.1, -0.05) is 60.7 Å². The second kappa shape index (κ2) is 12.0. The van der Waals surface area contributed by atoms with Crippen molar-refractivity contribution in [2.75, 3.05) is 13.1 Å². The predicted molar refractivity (Wildman–Crippen MR) is 189 cm³/mol. The van der Waals surface area contributed by atoms with Crippen molar-refractivity contribution in [3.8, 4) is 33.6 Å². The molecule has 0 spiro atoms. The molecular weight excluding hydrogens is 608 g/mol. The average Bonchev–Trinajstić information content (AvgIpc) is 3.99. The fraction of sp³-hybridized carbons (Fsp3) is 0.220. The van der Waals surface area contributed by atoms with Gasteiger partial charge < -0.3 is 19.8 Å². The van der Waals surface area contributed by atoms with Gasteiger partial charge in [0.05, 0.1) is 35.9 Å². The van der Waals surface area contributed by atoms with E-state index in [1.807, 2.05) is 82.9 Å². The third kappa shape index (κ3) is 5.24. The molecule has 2 aromatic heterocycles. The number of carbonyl (C=O) groups excluding carboxylic acids is 2. The van der Waals surface area contributed by atoms with E-state index in [4.69, 9.17) is 9.97 Å². The van der Waals surface area contributed by atoms with E-state index >= 15 is 0 Å². The molecule has 8 nitrogen and oxygen atoms in total. The van der Waals surface area contributed by atoms with Crippen LogP contribution in [0.4, 0.5) is 0 Å². The number of likely N-dealkylation sites (tertiary alicyclic amines) is 2. The molecule has 9 rings (SSSR count). The van der Waals surface area contributed by atoms with Crippen molar-refractivity contribution in [2.45, 2.75) is 44.2 Å². The van der Waals surface area contributed by atoms with E-state index in [1.165, 1.54) is 22.3 Å². The molecule has 2 amide bonds. The van der Waals surface area contributed by atoms with E-state index in [2.05, 4.69) is 46.4 Å². The van der Waals surface area contributed by atoms with Crippen LogP contribution in [-0.2, 0) is 6.42 Å². The Kier molecular flexibility index (Phi) is 7.22. The molecule has 2 N–H and O–H groups in total. The van der Waals surface area contributed by atoms with E-state index in [1.54, 1.807) is 0 Å². The van der Waals surface area contributed by atoms with Crippen molar-refractivity contribution in [1.82, 2.24) is 29.7 Å². The third-order valence-corrected chi connectivity index (χ3v) is 10.4. The molecule has 2 saturated heterocycles. The maximum Gasteiger partial charge on any atom is 0.254 e. The average molecular weight is 645 g/mol. The van der Waals surface area contributed by atoms with Gasteiger partial charge in [0.15, 0.2) is 0 Å². The molecule has 0 saturated carbocycles. The Morgan fingerprint density at radius 2 is 1.04 bits per heavy atom. The summed E-state index contributed by atoms with van der Waals surface area (Å²) in [6.07, 6.45) is 8.37. The summed E-state index contributed by atoms with van der Waals surface area (Å²) in [7, 11) is 0. The van der Waals surface area contributed by atoms with E-state index in [-0.39, 0.29) is 23.9 Å². The van der Waals surface area contributed by atoms with Gasteiger partial charge in [0.1, 0.15) is 11.6 Å². The van der Waals surface area contributed by atoms with Crippen LogP contribution in [0.2, 0.25) is 0 Å². The highest BCUT2D eigenvalue weighted by Gasteiger charge is 2.34. The van der Waals surface area contributed by atoms with Crippen LogP contribution in [0.1, 0.15) is 81.3 Å². The lowest BCUT2D eigenvalue weighted by Crippen LogP contribution is -2.31. The van der Waals surface area contributed by atoms with Gasteiger partial charge in [-0.3, -0.25) is 9.59 Å². The standard InChI is InChI=1S/C41H36N6O2/c48-40(26-9-3-1-4-10-26)46-19-7-13-36(46)38-42-24-34(44-38)28-15-17-32-30(21-28)23-31-22-29(16-18-33(31)32)35-25-43-39(45-35)37-14-8-20-47(37)41(49)27-11-5-2-6-12-27/h1-6,9-12,15-18,21-22,24-25,36-37H,7-8,13-14,19-20,23H2,(H,42,44)(H,43,45)/t36-,37-/m1/s1. The van der Waals surface area contributed by atoms with Crippen molar-refractivity contribution >= 4 is 11.8 Å². The highest BCUT2D eigenvalue weighted by Crippen LogP contribution is 2.41. The minimum Gasteiger partial charge on any atom is -0.340 e. The molecule has 6 aromatic rings. The number of hydrogen-bond acceptors (Lipinski definition) is 4. The van der Waals surface area contributed by atoms with Gasteiger partial charge in [-0.05, 0) is 102 Å². The molecule has 2 fully saturated rings. The summed E-state index contributed by atoms with van der Waals surface area (Å²) in [5.41, 5.74) is 10.6. The number of H-pyrrole nitrogens is 2. The molecular formula is C41H36N6O2. The quantitative estimate of drug-likeness (QED) is 0.192. The Bertz CT molecular complexity index is 2030. The number of nitrogens with one attached hydrogen (secondary N) is 2. The summed E-state index contributed by atoms with van der Waals surface area (Å²) in [5, 5.41) is 0. The fourth-order valence-corrected chi connectivity index (χ4v) is 7.93. The SMILES string of the molecule is O=C(c1ccccc1)N1CCC[C@@H]1c1ncc(-c2ccc3c(c2)Cc2cc(-c4cnc([C@H]5CCCN5C(=O)c5ccccc5)[nH]4)ccc2-3)[nH]1. The first-order valence-electron chi connectivity index (χ1n) is 17.2. The lowest BCUT2D eigenvalue weighted by molar-refractivity contribution is 0.0723. The zero-order chi connectivity index (χ0) is 32.9. The summed E-state index contributed by atoms with van der Waals surface area (Å²) in [6.45, 7) is 1.47. The third-order valence-electron chi connectivity index (χ3n) is 10.4. The largest absolute Gasteiger partial charge is 0.340 e. The van der Waals surface area contributed by atoms with Crippen LogP contribution < -0.4 is 0 Å². The molecule has 2 atom stereocenters. The van der Waals surface area contributed by atoms with Crippen molar-refractivity contribution in [3.05, 3.63) is 143 Å². The van der Waals surface area contributed by atoms with Crippen LogP contribution >= 0.6 is 0 Å². The number of aromatic amines is 2. The van der Waals surface area contributed by atoms with Crippen molar-refractivity contribution in [3.63, 3.8) is 0 Å². The number of hydrogen-bond donors (Lipinski definition) is 2. The molecule has 0 unspecified atom stereocenters. The molecule has 0 radical (unpaired) electrons. The van der Waals surface area contributed by atoms with Gasteiger partial charge in [0, 0.05) is 24.2 Å².